The monoisotopic (exact) mass is 219 g/mol. The molecule has 0 saturated carbocycles. The van der Waals surface area contributed by atoms with Gasteiger partial charge in [-0.25, -0.2) is 14.8 Å². The van der Waals surface area contributed by atoms with Crippen molar-refractivity contribution in [1.82, 2.24) is 9.97 Å². The molecule has 0 aliphatic rings. The Kier molecular flexibility index (Phi) is 4.28. The molecule has 0 radical (unpaired) electrons. The van der Waals surface area contributed by atoms with Crippen molar-refractivity contribution in [3.63, 3.8) is 0 Å². The van der Waals surface area contributed by atoms with E-state index in [1.165, 1.54) is 6.33 Å². The van der Waals surface area contributed by atoms with Gasteiger partial charge in [-0.3, -0.25) is 0 Å². The zero-order valence-corrected chi connectivity index (χ0v) is 8.97. The van der Waals surface area contributed by atoms with E-state index in [-0.39, 0.29) is 6.42 Å². The molecule has 0 saturated heterocycles. The second-order valence-electron chi connectivity index (χ2n) is 3.19. The van der Waals surface area contributed by atoms with E-state index in [0.29, 0.717) is 5.82 Å². The van der Waals surface area contributed by atoms with Crippen LogP contribution in [0, 0.1) is 12.3 Å². The zero-order chi connectivity index (χ0) is 12.0. The van der Waals surface area contributed by atoms with Crippen LogP contribution >= 0.6 is 0 Å². The van der Waals surface area contributed by atoms with Gasteiger partial charge in [0.05, 0.1) is 0 Å². The molecule has 0 bridgehead atoms. The number of anilines is 1. The lowest BCUT2D eigenvalue weighted by Gasteiger charge is -2.12. The number of hydrogen-bond acceptors (Lipinski definition) is 4. The first-order chi connectivity index (χ1) is 7.67. The lowest BCUT2D eigenvalue weighted by molar-refractivity contribution is -0.137. The van der Waals surface area contributed by atoms with E-state index in [9.17, 15) is 4.79 Å². The van der Waals surface area contributed by atoms with Crippen molar-refractivity contribution in [2.75, 3.05) is 5.32 Å². The van der Waals surface area contributed by atoms with Gasteiger partial charge >= 0.3 is 5.97 Å². The molecule has 0 aromatic carbocycles. The number of nitrogens with one attached hydrogen (secondary N) is 1. The third-order valence-corrected chi connectivity index (χ3v) is 2.03. The Bertz CT molecular complexity index is 412. The first kappa shape index (κ1) is 12.0. The Morgan fingerprint density at radius 3 is 3.00 bits per heavy atom. The third-order valence-electron chi connectivity index (χ3n) is 2.03. The quantitative estimate of drug-likeness (QED) is 0.720. The minimum absolute atomic E-state index is 0.112. The molecule has 5 nitrogen and oxygen atoms in total. The Balaban J connectivity index is 2.77. The highest BCUT2D eigenvalue weighted by Crippen LogP contribution is 2.07. The summed E-state index contributed by atoms with van der Waals surface area (Å²) in [4.78, 5) is 18.8. The molecular formula is C11H13N3O2. The van der Waals surface area contributed by atoms with Crippen molar-refractivity contribution < 1.29 is 9.90 Å². The number of nitrogens with zero attached hydrogens (tertiary/aromatic N) is 2. The summed E-state index contributed by atoms with van der Waals surface area (Å²) in [7, 11) is 0. The van der Waals surface area contributed by atoms with Crippen molar-refractivity contribution in [1.29, 1.82) is 0 Å². The van der Waals surface area contributed by atoms with Gasteiger partial charge in [-0.05, 0) is 6.42 Å². The molecule has 16 heavy (non-hydrogen) atoms. The normalized spacial score (nSPS) is 11.5. The molecule has 5 heteroatoms. The highest BCUT2D eigenvalue weighted by Gasteiger charge is 2.16. The number of carbonyl (C=O) groups is 1. The van der Waals surface area contributed by atoms with Crippen LogP contribution in [0.2, 0.25) is 0 Å². The molecule has 0 aliphatic heterocycles. The number of aliphatic carboxylic acids is 1. The third kappa shape index (κ3) is 3.24. The van der Waals surface area contributed by atoms with E-state index in [0.717, 1.165) is 12.1 Å². The molecule has 1 unspecified atom stereocenters. The summed E-state index contributed by atoms with van der Waals surface area (Å²) in [5.41, 5.74) is 0.849. The Hall–Kier alpha value is -2.09. The molecule has 0 amide bonds. The maximum absolute atomic E-state index is 10.8. The largest absolute Gasteiger partial charge is 0.480 e. The first-order valence-corrected chi connectivity index (χ1v) is 4.91. The molecule has 0 spiro atoms. The van der Waals surface area contributed by atoms with Crippen LogP contribution in [0.25, 0.3) is 0 Å². The van der Waals surface area contributed by atoms with Gasteiger partial charge in [-0.15, -0.1) is 12.3 Å². The van der Waals surface area contributed by atoms with Crippen LogP contribution in [0.3, 0.4) is 0 Å². The van der Waals surface area contributed by atoms with Crippen LogP contribution in [0.1, 0.15) is 19.0 Å². The summed E-state index contributed by atoms with van der Waals surface area (Å²) in [6.07, 6.45) is 7.37. The number of aromatic nitrogens is 2. The maximum atomic E-state index is 10.8. The van der Waals surface area contributed by atoms with Gasteiger partial charge in [0, 0.05) is 18.2 Å². The topological polar surface area (TPSA) is 75.1 Å². The molecule has 0 fully saturated rings. The summed E-state index contributed by atoms with van der Waals surface area (Å²) < 4.78 is 0. The van der Waals surface area contributed by atoms with Gasteiger partial charge in [0.25, 0.3) is 0 Å². The van der Waals surface area contributed by atoms with Gasteiger partial charge in [0.2, 0.25) is 0 Å². The van der Waals surface area contributed by atoms with Crippen molar-refractivity contribution in [3.05, 3.63) is 18.1 Å². The van der Waals surface area contributed by atoms with Crippen molar-refractivity contribution in [3.8, 4) is 12.3 Å². The van der Waals surface area contributed by atoms with Gasteiger partial charge in [0.15, 0.2) is 0 Å². The van der Waals surface area contributed by atoms with Crippen LogP contribution < -0.4 is 5.32 Å². The van der Waals surface area contributed by atoms with Crippen molar-refractivity contribution in [2.24, 2.45) is 0 Å². The Morgan fingerprint density at radius 2 is 2.44 bits per heavy atom. The average molecular weight is 219 g/mol. The molecular weight excluding hydrogens is 206 g/mol. The number of rotatable bonds is 5. The van der Waals surface area contributed by atoms with Gasteiger partial charge in [0.1, 0.15) is 18.2 Å². The van der Waals surface area contributed by atoms with E-state index < -0.39 is 12.0 Å². The van der Waals surface area contributed by atoms with Crippen molar-refractivity contribution in [2.45, 2.75) is 25.8 Å². The van der Waals surface area contributed by atoms with Gasteiger partial charge < -0.3 is 10.4 Å². The van der Waals surface area contributed by atoms with Crippen LogP contribution in [0.4, 0.5) is 5.82 Å². The summed E-state index contributed by atoms with van der Waals surface area (Å²) in [5, 5.41) is 11.7. The summed E-state index contributed by atoms with van der Waals surface area (Å²) in [6.45, 7) is 1.96. The van der Waals surface area contributed by atoms with E-state index >= 15 is 0 Å². The molecule has 0 aliphatic carbocycles. The van der Waals surface area contributed by atoms with Gasteiger partial charge in [-0.1, -0.05) is 6.92 Å². The fraction of sp³-hybridized carbons (Fsp3) is 0.364. The molecule has 1 aromatic rings. The second-order valence-corrected chi connectivity index (χ2v) is 3.19. The number of hydrogen-bond donors (Lipinski definition) is 2. The summed E-state index contributed by atoms with van der Waals surface area (Å²) in [5.74, 6) is 1.80. The van der Waals surface area contributed by atoms with Crippen LogP contribution in [-0.4, -0.2) is 27.1 Å². The van der Waals surface area contributed by atoms with Crippen molar-refractivity contribution >= 4 is 11.8 Å². The van der Waals surface area contributed by atoms with Crippen LogP contribution in [0.15, 0.2) is 12.4 Å². The summed E-state index contributed by atoms with van der Waals surface area (Å²) >= 11 is 0. The predicted molar refractivity (Wildman–Crippen MR) is 59.9 cm³/mol. The standard InChI is InChI=1S/C11H13N3O2/c1-3-5-9(11(15)16)14-10-6-8(4-2)12-7-13-10/h1,6-7,9H,4-5H2,2H3,(H,15,16)(H,12,13,14). The SMILES string of the molecule is C#CCC(Nc1cc(CC)ncn1)C(=O)O. The van der Waals surface area contributed by atoms with Crippen LogP contribution in [-0.2, 0) is 11.2 Å². The van der Waals surface area contributed by atoms with E-state index in [2.05, 4.69) is 21.2 Å². The number of aryl methyl sites for hydroxylation is 1. The minimum atomic E-state index is -0.991. The van der Waals surface area contributed by atoms with E-state index in [4.69, 9.17) is 11.5 Å². The molecule has 2 N–H and O–H groups in total. The fourth-order valence-corrected chi connectivity index (χ4v) is 1.17. The lowest BCUT2D eigenvalue weighted by atomic mass is 10.2. The predicted octanol–water partition coefficient (Wildman–Crippen LogP) is 0.927. The number of carboxylic acid groups (broad SMARTS) is 1. The smallest absolute Gasteiger partial charge is 0.327 e. The molecule has 1 aromatic heterocycles. The lowest BCUT2D eigenvalue weighted by Crippen LogP contribution is -2.29. The Labute approximate surface area is 93.9 Å². The maximum Gasteiger partial charge on any atom is 0.327 e. The average Bonchev–Trinajstić information content (AvgIpc) is 2.28. The van der Waals surface area contributed by atoms with Crippen LogP contribution in [0.5, 0.6) is 0 Å². The van der Waals surface area contributed by atoms with E-state index in [1.807, 2.05) is 6.92 Å². The Morgan fingerprint density at radius 1 is 1.69 bits per heavy atom. The molecule has 1 atom stereocenters. The first-order valence-electron chi connectivity index (χ1n) is 4.91. The zero-order valence-electron chi connectivity index (χ0n) is 8.97. The highest BCUT2D eigenvalue weighted by molar-refractivity contribution is 5.77. The molecule has 1 heterocycles. The van der Waals surface area contributed by atoms with E-state index in [1.54, 1.807) is 6.07 Å². The fourth-order valence-electron chi connectivity index (χ4n) is 1.17. The molecule has 84 valence electrons. The highest BCUT2D eigenvalue weighted by atomic mass is 16.4. The second kappa shape index (κ2) is 5.71. The number of carboxylic acids is 1. The number of terminal acetylenes is 1. The summed E-state index contributed by atoms with van der Waals surface area (Å²) in [6, 6.07) is 0.900. The minimum Gasteiger partial charge on any atom is -0.480 e. The van der Waals surface area contributed by atoms with Gasteiger partial charge in [-0.2, -0.15) is 0 Å². The molecule has 1 rings (SSSR count).